The maximum absolute atomic E-state index is 14.4. The Hall–Kier alpha value is -6.16. The highest BCUT2D eigenvalue weighted by Gasteiger charge is 2.44. The Labute approximate surface area is 372 Å². The Morgan fingerprint density at radius 3 is 2.34 bits per heavy atom. The van der Waals surface area contributed by atoms with Gasteiger partial charge >= 0.3 is 12.2 Å². The first-order valence-electron chi connectivity index (χ1n) is 22.7. The highest BCUT2D eigenvalue weighted by atomic mass is 16.5. The summed E-state index contributed by atoms with van der Waals surface area (Å²) >= 11 is 0. The third-order valence-electron chi connectivity index (χ3n) is 13.9. The monoisotopic (exact) mass is 874 g/mol. The van der Waals surface area contributed by atoms with E-state index in [4.69, 9.17) is 28.9 Å². The Morgan fingerprint density at radius 2 is 1.59 bits per heavy atom. The number of likely N-dealkylation sites (tertiary alicyclic amines) is 2. The van der Waals surface area contributed by atoms with Gasteiger partial charge in [-0.25, -0.2) is 19.6 Å². The van der Waals surface area contributed by atoms with Crippen LogP contribution in [-0.4, -0.2) is 105 Å². The minimum absolute atomic E-state index is 0.0223. The van der Waals surface area contributed by atoms with Crippen LogP contribution in [0.4, 0.5) is 9.59 Å². The quantitative estimate of drug-likeness (QED) is 0.108. The maximum atomic E-state index is 14.4. The van der Waals surface area contributed by atoms with Crippen LogP contribution in [-0.2, 0) is 30.4 Å². The fourth-order valence-corrected chi connectivity index (χ4v) is 10.4. The number of amides is 4. The fraction of sp³-hybridized carbons (Fsp3) is 0.500. The molecule has 3 aromatic carbocycles. The van der Waals surface area contributed by atoms with Crippen LogP contribution in [0.2, 0.25) is 0 Å². The number of rotatable bonds is 10. The van der Waals surface area contributed by atoms with Crippen LogP contribution in [0.25, 0.3) is 44.2 Å². The van der Waals surface area contributed by atoms with Crippen molar-refractivity contribution in [2.45, 2.75) is 115 Å². The van der Waals surface area contributed by atoms with Crippen molar-refractivity contribution in [1.29, 1.82) is 0 Å². The molecule has 4 N–H and O–H groups in total. The number of nitrogens with zero attached hydrogens (tertiary/aromatic N) is 4. The van der Waals surface area contributed by atoms with E-state index >= 15 is 0 Å². The van der Waals surface area contributed by atoms with E-state index in [0.29, 0.717) is 38.5 Å². The molecule has 0 aliphatic carbocycles. The number of carbonyl (C=O) groups excluding carboxylic acids is 4. The van der Waals surface area contributed by atoms with E-state index in [1.54, 1.807) is 0 Å². The molecule has 4 amide bonds. The molecule has 0 bridgehead atoms. The second-order valence-corrected chi connectivity index (χ2v) is 18.0. The third-order valence-corrected chi connectivity index (χ3v) is 13.9. The molecule has 6 atom stereocenters. The summed E-state index contributed by atoms with van der Waals surface area (Å²) in [6.07, 6.45) is 5.91. The smallest absolute Gasteiger partial charge is 0.407 e. The Kier molecular flexibility index (Phi) is 12.0. The average molecular weight is 875 g/mol. The summed E-state index contributed by atoms with van der Waals surface area (Å²) in [5.41, 5.74) is 6.60. The van der Waals surface area contributed by atoms with Crippen LogP contribution in [0.5, 0.6) is 5.75 Å². The van der Waals surface area contributed by atoms with Gasteiger partial charge in [0, 0.05) is 36.2 Å². The van der Waals surface area contributed by atoms with E-state index in [-0.39, 0.29) is 47.8 Å². The molecule has 0 unspecified atom stereocenters. The fourth-order valence-electron chi connectivity index (χ4n) is 10.4. The second-order valence-electron chi connectivity index (χ2n) is 18.0. The number of aromatic nitrogens is 4. The summed E-state index contributed by atoms with van der Waals surface area (Å²) in [6, 6.07) is 12.7. The lowest BCUT2D eigenvalue weighted by Gasteiger charge is -2.36. The normalized spacial score (nSPS) is 21.9. The van der Waals surface area contributed by atoms with Crippen LogP contribution < -0.4 is 15.4 Å². The number of alkyl carbamates (subject to hydrolysis) is 2. The van der Waals surface area contributed by atoms with Crippen molar-refractivity contribution in [1.82, 2.24) is 40.4 Å². The van der Waals surface area contributed by atoms with Crippen LogP contribution in [0, 0.1) is 11.8 Å². The largest absolute Gasteiger partial charge is 0.488 e. The van der Waals surface area contributed by atoms with Crippen molar-refractivity contribution < 1.29 is 38.1 Å². The van der Waals surface area contributed by atoms with Crippen molar-refractivity contribution in [3.05, 3.63) is 65.9 Å². The van der Waals surface area contributed by atoms with E-state index in [1.807, 2.05) is 42.8 Å². The zero-order chi connectivity index (χ0) is 44.8. The van der Waals surface area contributed by atoms with Gasteiger partial charge in [0.15, 0.2) is 0 Å². The lowest BCUT2D eigenvalue weighted by Crippen LogP contribution is -2.54. The van der Waals surface area contributed by atoms with Gasteiger partial charge in [0.05, 0.1) is 49.2 Å². The van der Waals surface area contributed by atoms with Crippen LogP contribution >= 0.6 is 0 Å². The number of fused-ring (bicyclic) bond motifs is 6. The molecular formula is C48H58N8O8. The molecule has 5 aromatic rings. The molecule has 16 nitrogen and oxygen atoms in total. The van der Waals surface area contributed by atoms with Crippen molar-refractivity contribution >= 4 is 45.8 Å². The van der Waals surface area contributed by atoms with E-state index in [0.717, 1.165) is 93.4 Å². The van der Waals surface area contributed by atoms with Crippen molar-refractivity contribution in [3.63, 3.8) is 0 Å². The van der Waals surface area contributed by atoms with E-state index < -0.39 is 24.3 Å². The predicted octanol–water partition coefficient (Wildman–Crippen LogP) is 7.69. The molecule has 16 heteroatoms. The molecule has 9 rings (SSSR count). The van der Waals surface area contributed by atoms with Gasteiger partial charge in [-0.3, -0.25) is 9.59 Å². The molecule has 0 saturated carbocycles. The van der Waals surface area contributed by atoms with Gasteiger partial charge in [-0.2, -0.15) is 0 Å². The summed E-state index contributed by atoms with van der Waals surface area (Å²) < 4.78 is 21.8. The molecule has 338 valence electrons. The lowest BCUT2D eigenvalue weighted by molar-refractivity contribution is -0.139. The van der Waals surface area contributed by atoms with Gasteiger partial charge in [-0.1, -0.05) is 39.0 Å². The average Bonchev–Trinajstić information content (AvgIpc) is 4.14. The van der Waals surface area contributed by atoms with Crippen LogP contribution in [0.1, 0.15) is 102 Å². The predicted molar refractivity (Wildman–Crippen MR) is 239 cm³/mol. The van der Waals surface area contributed by atoms with E-state index in [2.05, 4.69) is 63.9 Å². The number of carbonyl (C=O) groups is 4. The lowest BCUT2D eigenvalue weighted by atomic mass is 9.90. The van der Waals surface area contributed by atoms with E-state index in [1.165, 1.54) is 14.2 Å². The first kappa shape index (κ1) is 43.1. The molecule has 0 radical (unpaired) electrons. The van der Waals surface area contributed by atoms with Crippen molar-refractivity contribution in [2.75, 3.05) is 27.4 Å². The van der Waals surface area contributed by atoms with Gasteiger partial charge in [-0.05, 0) is 110 Å². The van der Waals surface area contributed by atoms with Gasteiger partial charge in [0.25, 0.3) is 0 Å². The number of nitrogens with one attached hydrogen (secondary N) is 4. The van der Waals surface area contributed by atoms with Gasteiger partial charge in [0.1, 0.15) is 36.1 Å². The zero-order valence-electron chi connectivity index (χ0n) is 37.4. The number of benzene rings is 3. The van der Waals surface area contributed by atoms with Crippen LogP contribution in [0.3, 0.4) is 0 Å². The van der Waals surface area contributed by atoms with Crippen molar-refractivity contribution in [2.24, 2.45) is 11.8 Å². The summed E-state index contributed by atoms with van der Waals surface area (Å²) in [4.78, 5) is 73.9. The standard InChI is InChI=1S/C48H58N8O8/c1-7-31-11-15-37(56(31)46(58)41(54-48(60)62-6)27-16-18-63-19-17-27)43-49-23-36(51-43)29-9-12-32-30(20-29)24-64-39-22-33-28(21-34(32)39)10-13-35-42(33)52-44(50-35)38-14-8-26(4)55(38)45(57)40(25(2)3)53-47(59)61-5/h9-10,12-13,20-23,25-27,31,37-38,40-41H,7-8,11,14-19,24H2,1-6H3,(H,49,51)(H,50,52)(H,53,59)(H,54,60)/t26-,31-,37-,38-,40-,41-/m0/s1. The Balaban J connectivity index is 0.965. The number of H-pyrrole nitrogens is 2. The highest BCUT2D eigenvalue weighted by molar-refractivity contribution is 6.07. The first-order chi connectivity index (χ1) is 31.0. The SMILES string of the molecule is CC[C@H]1CC[C@@H](c2ncc(-c3ccc4c(c3)COc3cc5c(ccc6[nH]c([C@@H]7CC[C@H](C)N7C(=O)[C@@H](NC(=O)OC)C(C)C)nc65)cc3-4)[nH]2)N1C(=O)[C@@H](NC(=O)OC)C1CCOCC1. The number of imidazole rings is 2. The molecular weight excluding hydrogens is 817 g/mol. The minimum Gasteiger partial charge on any atom is -0.488 e. The maximum Gasteiger partial charge on any atom is 0.407 e. The molecule has 3 fully saturated rings. The number of ether oxygens (including phenoxy) is 4. The van der Waals surface area contributed by atoms with Gasteiger partial charge < -0.3 is 49.3 Å². The first-order valence-corrected chi connectivity index (χ1v) is 22.7. The second kappa shape index (κ2) is 17.8. The summed E-state index contributed by atoms with van der Waals surface area (Å²) in [7, 11) is 2.61. The molecule has 64 heavy (non-hydrogen) atoms. The highest BCUT2D eigenvalue weighted by Crippen LogP contribution is 2.44. The molecule has 4 aliphatic heterocycles. The van der Waals surface area contributed by atoms with E-state index in [9.17, 15) is 19.2 Å². The van der Waals surface area contributed by atoms with Crippen molar-refractivity contribution in [3.8, 4) is 28.1 Å². The Bertz CT molecular complexity index is 2580. The summed E-state index contributed by atoms with van der Waals surface area (Å²) in [5, 5.41) is 7.57. The topological polar surface area (TPSA) is 193 Å². The number of hydrogen-bond acceptors (Lipinski definition) is 10. The molecule has 2 aromatic heterocycles. The van der Waals surface area contributed by atoms with Gasteiger partial charge in [-0.15, -0.1) is 0 Å². The molecule has 3 saturated heterocycles. The molecule has 6 heterocycles. The number of methoxy groups -OCH3 is 2. The molecule has 0 spiro atoms. The summed E-state index contributed by atoms with van der Waals surface area (Å²) in [5.74, 6) is 1.76. The minimum atomic E-state index is -0.728. The zero-order valence-corrected chi connectivity index (χ0v) is 37.4. The summed E-state index contributed by atoms with van der Waals surface area (Å²) in [6.45, 7) is 9.43. The van der Waals surface area contributed by atoms with Gasteiger partial charge in [0.2, 0.25) is 11.8 Å². The van der Waals surface area contributed by atoms with Crippen LogP contribution in [0.15, 0.2) is 48.7 Å². The Morgan fingerprint density at radius 1 is 0.844 bits per heavy atom. The molecule has 4 aliphatic rings. The number of hydrogen-bond donors (Lipinski definition) is 4. The third kappa shape index (κ3) is 7.90. The number of aromatic amines is 2.